The van der Waals surface area contributed by atoms with E-state index in [-0.39, 0.29) is 18.6 Å². The van der Waals surface area contributed by atoms with E-state index in [1.165, 1.54) is 0 Å². The zero-order valence-electron chi connectivity index (χ0n) is 12.1. The number of hydrogen-bond acceptors (Lipinski definition) is 4. The summed E-state index contributed by atoms with van der Waals surface area (Å²) in [4.78, 5) is 11.3. The van der Waals surface area contributed by atoms with E-state index in [2.05, 4.69) is 10.6 Å². The molecule has 1 rings (SSSR count). The summed E-state index contributed by atoms with van der Waals surface area (Å²) < 4.78 is 0. The third-order valence-corrected chi connectivity index (χ3v) is 3.20. The Morgan fingerprint density at radius 2 is 1.90 bits per heavy atom. The van der Waals surface area contributed by atoms with Crippen LogP contribution >= 0.6 is 0 Å². The highest BCUT2D eigenvalue weighted by molar-refractivity contribution is 5.90. The summed E-state index contributed by atoms with van der Waals surface area (Å²) in [6, 6.07) is 7.08. The third kappa shape index (κ3) is 4.92. The lowest BCUT2D eigenvalue weighted by molar-refractivity contribution is -0.115. The van der Waals surface area contributed by atoms with Crippen LogP contribution in [0.1, 0.15) is 38.4 Å². The summed E-state index contributed by atoms with van der Waals surface area (Å²) in [6.07, 6.45) is 0.561. The molecule has 5 nitrogen and oxygen atoms in total. The van der Waals surface area contributed by atoms with Gasteiger partial charge in [-0.2, -0.15) is 0 Å². The molecule has 0 bridgehead atoms. The Morgan fingerprint density at radius 3 is 2.40 bits per heavy atom. The van der Waals surface area contributed by atoms with Crippen molar-refractivity contribution >= 4 is 11.6 Å². The Labute approximate surface area is 120 Å². The van der Waals surface area contributed by atoms with Gasteiger partial charge in [0.25, 0.3) is 0 Å². The van der Waals surface area contributed by atoms with Crippen molar-refractivity contribution in [2.75, 3.05) is 18.5 Å². The van der Waals surface area contributed by atoms with Gasteiger partial charge in [-0.05, 0) is 24.1 Å². The quantitative estimate of drug-likeness (QED) is 0.580. The Balaban J connectivity index is 2.68. The number of carbonyl (C=O) groups is 1. The van der Waals surface area contributed by atoms with Crippen LogP contribution < -0.4 is 10.6 Å². The number of carbonyl (C=O) groups excluding carboxylic acids is 1. The van der Waals surface area contributed by atoms with Gasteiger partial charge in [-0.3, -0.25) is 4.79 Å². The number of nitrogens with one attached hydrogen (secondary N) is 2. The topological polar surface area (TPSA) is 81.6 Å². The van der Waals surface area contributed by atoms with Crippen molar-refractivity contribution in [2.24, 2.45) is 0 Å². The largest absolute Gasteiger partial charge is 0.395 e. The molecule has 0 saturated carbocycles. The summed E-state index contributed by atoms with van der Waals surface area (Å²) in [5.74, 6) is -0.0330. The molecule has 0 fully saturated rings. The SMILES string of the molecule is CCC(=O)Nc1ccc(C(O)C(CC)NCCO)cc1. The second-order valence-electron chi connectivity index (χ2n) is 4.66. The molecule has 112 valence electrons. The first-order chi connectivity index (χ1) is 9.62. The first-order valence-electron chi connectivity index (χ1n) is 7.04. The number of anilines is 1. The fourth-order valence-corrected chi connectivity index (χ4v) is 1.97. The maximum Gasteiger partial charge on any atom is 0.224 e. The minimum atomic E-state index is -0.637. The lowest BCUT2D eigenvalue weighted by Crippen LogP contribution is -2.36. The molecule has 2 atom stereocenters. The monoisotopic (exact) mass is 280 g/mol. The summed E-state index contributed by atoms with van der Waals surface area (Å²) in [5.41, 5.74) is 1.51. The van der Waals surface area contributed by atoms with Gasteiger partial charge in [0.15, 0.2) is 0 Å². The molecule has 0 saturated heterocycles. The number of aliphatic hydroxyl groups is 2. The lowest BCUT2D eigenvalue weighted by atomic mass is 10.00. The summed E-state index contributed by atoms with van der Waals surface area (Å²) in [7, 11) is 0. The van der Waals surface area contributed by atoms with Crippen molar-refractivity contribution in [1.82, 2.24) is 5.32 Å². The summed E-state index contributed by atoms with van der Waals surface area (Å²) in [5, 5.41) is 25.0. The first-order valence-corrected chi connectivity index (χ1v) is 7.04. The fourth-order valence-electron chi connectivity index (χ4n) is 1.97. The van der Waals surface area contributed by atoms with Crippen molar-refractivity contribution in [3.05, 3.63) is 29.8 Å². The maximum absolute atomic E-state index is 11.3. The Hall–Kier alpha value is -1.43. The zero-order valence-corrected chi connectivity index (χ0v) is 12.1. The van der Waals surface area contributed by atoms with Crippen LogP contribution in [0.15, 0.2) is 24.3 Å². The average Bonchev–Trinajstić information content (AvgIpc) is 2.48. The molecule has 1 aromatic rings. The van der Waals surface area contributed by atoms with E-state index in [0.29, 0.717) is 13.0 Å². The van der Waals surface area contributed by atoms with Crippen LogP contribution in [0.3, 0.4) is 0 Å². The Kier molecular flexibility index (Phi) is 7.22. The molecule has 1 amide bonds. The average molecular weight is 280 g/mol. The minimum Gasteiger partial charge on any atom is -0.395 e. The van der Waals surface area contributed by atoms with E-state index in [1.807, 2.05) is 6.92 Å². The van der Waals surface area contributed by atoms with Crippen LogP contribution in [0.5, 0.6) is 0 Å². The van der Waals surface area contributed by atoms with Gasteiger partial charge in [-0.25, -0.2) is 0 Å². The molecule has 0 radical (unpaired) electrons. The predicted molar refractivity (Wildman–Crippen MR) is 79.5 cm³/mol. The van der Waals surface area contributed by atoms with Gasteiger partial charge < -0.3 is 20.8 Å². The maximum atomic E-state index is 11.3. The van der Waals surface area contributed by atoms with E-state index >= 15 is 0 Å². The van der Waals surface area contributed by atoms with E-state index < -0.39 is 6.10 Å². The smallest absolute Gasteiger partial charge is 0.224 e. The van der Waals surface area contributed by atoms with Crippen molar-refractivity contribution < 1.29 is 15.0 Å². The van der Waals surface area contributed by atoms with Gasteiger partial charge >= 0.3 is 0 Å². The van der Waals surface area contributed by atoms with Crippen LogP contribution in [0.25, 0.3) is 0 Å². The van der Waals surface area contributed by atoms with E-state index in [1.54, 1.807) is 31.2 Å². The van der Waals surface area contributed by atoms with Gasteiger partial charge in [-0.1, -0.05) is 26.0 Å². The van der Waals surface area contributed by atoms with Gasteiger partial charge in [0.1, 0.15) is 0 Å². The van der Waals surface area contributed by atoms with Crippen LogP contribution in [-0.4, -0.2) is 35.3 Å². The molecule has 0 aliphatic rings. The highest BCUT2D eigenvalue weighted by atomic mass is 16.3. The van der Waals surface area contributed by atoms with Crippen LogP contribution in [-0.2, 0) is 4.79 Å². The van der Waals surface area contributed by atoms with Crippen LogP contribution in [0, 0.1) is 0 Å². The molecule has 2 unspecified atom stereocenters. The van der Waals surface area contributed by atoms with Gasteiger partial charge in [0, 0.05) is 24.7 Å². The minimum absolute atomic E-state index is 0.0330. The Morgan fingerprint density at radius 1 is 1.25 bits per heavy atom. The molecule has 4 N–H and O–H groups in total. The molecular formula is C15H24N2O3. The van der Waals surface area contributed by atoms with E-state index in [0.717, 1.165) is 17.7 Å². The van der Waals surface area contributed by atoms with Crippen molar-refractivity contribution in [1.29, 1.82) is 0 Å². The van der Waals surface area contributed by atoms with Crippen molar-refractivity contribution in [3.63, 3.8) is 0 Å². The lowest BCUT2D eigenvalue weighted by Gasteiger charge is -2.23. The van der Waals surface area contributed by atoms with Gasteiger partial charge in [-0.15, -0.1) is 0 Å². The zero-order chi connectivity index (χ0) is 15.0. The molecule has 20 heavy (non-hydrogen) atoms. The van der Waals surface area contributed by atoms with E-state index in [9.17, 15) is 9.90 Å². The summed E-state index contributed by atoms with van der Waals surface area (Å²) >= 11 is 0. The molecule has 0 aromatic heterocycles. The van der Waals surface area contributed by atoms with Crippen molar-refractivity contribution in [2.45, 2.75) is 38.8 Å². The molecule has 1 aromatic carbocycles. The highest BCUT2D eigenvalue weighted by Gasteiger charge is 2.18. The standard InChI is InChI=1S/C15H24N2O3/c1-3-13(16-9-10-18)15(20)11-5-7-12(8-6-11)17-14(19)4-2/h5-8,13,15-16,18,20H,3-4,9-10H2,1-2H3,(H,17,19). The van der Waals surface area contributed by atoms with Crippen LogP contribution in [0.2, 0.25) is 0 Å². The Bertz CT molecular complexity index is 406. The van der Waals surface area contributed by atoms with Crippen molar-refractivity contribution in [3.8, 4) is 0 Å². The fraction of sp³-hybridized carbons (Fsp3) is 0.533. The molecule has 0 heterocycles. The van der Waals surface area contributed by atoms with Gasteiger partial charge in [0.2, 0.25) is 5.91 Å². The van der Waals surface area contributed by atoms with Gasteiger partial charge in [0.05, 0.1) is 12.7 Å². The number of aliphatic hydroxyl groups excluding tert-OH is 2. The third-order valence-electron chi connectivity index (χ3n) is 3.20. The normalized spacial score (nSPS) is 13.8. The first kappa shape index (κ1) is 16.6. The van der Waals surface area contributed by atoms with Crippen LogP contribution in [0.4, 0.5) is 5.69 Å². The predicted octanol–water partition coefficient (Wildman–Crippen LogP) is 1.43. The summed E-state index contributed by atoms with van der Waals surface area (Å²) in [6.45, 7) is 4.28. The highest BCUT2D eigenvalue weighted by Crippen LogP contribution is 2.21. The number of rotatable bonds is 8. The molecule has 5 heteroatoms. The number of amides is 1. The van der Waals surface area contributed by atoms with E-state index in [4.69, 9.17) is 5.11 Å². The second kappa shape index (κ2) is 8.68. The molecule has 0 aliphatic heterocycles. The number of benzene rings is 1. The second-order valence-corrected chi connectivity index (χ2v) is 4.66. The molecular weight excluding hydrogens is 256 g/mol. The number of hydrogen-bond donors (Lipinski definition) is 4. The molecule has 0 spiro atoms. The molecule has 0 aliphatic carbocycles.